The quantitative estimate of drug-likeness (QED) is 0.309. The van der Waals surface area contributed by atoms with Gasteiger partial charge in [0.25, 0.3) is 0 Å². The Balaban J connectivity index is 1.75. The number of amides is 1. The number of rotatable bonds is 11. The Labute approximate surface area is 191 Å². The first-order chi connectivity index (χ1) is 15.6. The van der Waals surface area contributed by atoms with Gasteiger partial charge in [-0.25, -0.2) is 0 Å². The lowest BCUT2D eigenvalue weighted by molar-refractivity contribution is -0.127. The maximum atomic E-state index is 13.2. The minimum atomic E-state index is -0.0277. The van der Waals surface area contributed by atoms with Crippen LogP contribution < -0.4 is 4.74 Å². The Morgan fingerprint density at radius 1 is 0.844 bits per heavy atom. The third-order valence-corrected chi connectivity index (χ3v) is 5.09. The first kappa shape index (κ1) is 23.3. The van der Waals surface area contributed by atoms with E-state index in [1.807, 2.05) is 95.9 Å². The second-order valence-corrected chi connectivity index (χ2v) is 8.04. The van der Waals surface area contributed by atoms with Crippen molar-refractivity contribution in [2.24, 2.45) is 0 Å². The fourth-order valence-corrected chi connectivity index (χ4v) is 3.40. The SMILES string of the molecule is CN(C)CCCOc1ccccc1CN(Cc1ccccc1)C(=O)C=Cc1ccccc1. The summed E-state index contributed by atoms with van der Waals surface area (Å²) in [7, 11) is 4.12. The summed E-state index contributed by atoms with van der Waals surface area (Å²) in [5.41, 5.74) is 3.11. The molecule has 0 heterocycles. The van der Waals surface area contributed by atoms with Crippen molar-refractivity contribution < 1.29 is 9.53 Å². The summed E-state index contributed by atoms with van der Waals surface area (Å²) < 4.78 is 6.07. The van der Waals surface area contributed by atoms with Crippen LogP contribution in [0.25, 0.3) is 6.08 Å². The van der Waals surface area contributed by atoms with Crippen LogP contribution in [-0.4, -0.2) is 43.0 Å². The van der Waals surface area contributed by atoms with Gasteiger partial charge < -0.3 is 14.5 Å². The van der Waals surface area contributed by atoms with E-state index in [0.717, 1.165) is 35.4 Å². The third kappa shape index (κ3) is 7.71. The highest BCUT2D eigenvalue weighted by atomic mass is 16.5. The van der Waals surface area contributed by atoms with Gasteiger partial charge in [0.1, 0.15) is 5.75 Å². The van der Waals surface area contributed by atoms with Crippen LogP contribution in [0.1, 0.15) is 23.1 Å². The Bertz CT molecular complexity index is 985. The first-order valence-corrected chi connectivity index (χ1v) is 11.0. The molecular formula is C28H32N2O2. The molecule has 3 aromatic carbocycles. The van der Waals surface area contributed by atoms with E-state index in [2.05, 4.69) is 19.0 Å². The molecule has 0 bridgehead atoms. The van der Waals surface area contributed by atoms with Crippen molar-refractivity contribution in [1.29, 1.82) is 0 Å². The molecule has 4 nitrogen and oxygen atoms in total. The van der Waals surface area contributed by atoms with Crippen LogP contribution in [0.15, 0.2) is 91.0 Å². The van der Waals surface area contributed by atoms with Crippen molar-refractivity contribution >= 4 is 12.0 Å². The molecule has 0 atom stereocenters. The molecule has 0 aliphatic carbocycles. The van der Waals surface area contributed by atoms with Crippen LogP contribution in [0.5, 0.6) is 5.75 Å². The van der Waals surface area contributed by atoms with Crippen molar-refractivity contribution in [3.63, 3.8) is 0 Å². The lowest BCUT2D eigenvalue weighted by Crippen LogP contribution is -2.28. The second-order valence-electron chi connectivity index (χ2n) is 8.04. The smallest absolute Gasteiger partial charge is 0.247 e. The first-order valence-electron chi connectivity index (χ1n) is 11.0. The van der Waals surface area contributed by atoms with Crippen molar-refractivity contribution in [2.75, 3.05) is 27.2 Å². The molecule has 3 aromatic rings. The molecule has 0 aliphatic heterocycles. The average molecular weight is 429 g/mol. The third-order valence-electron chi connectivity index (χ3n) is 5.09. The van der Waals surface area contributed by atoms with Crippen LogP contribution in [0.2, 0.25) is 0 Å². The number of para-hydroxylation sites is 1. The molecule has 0 N–H and O–H groups in total. The summed E-state index contributed by atoms with van der Waals surface area (Å²) >= 11 is 0. The van der Waals surface area contributed by atoms with E-state index in [1.54, 1.807) is 6.08 Å². The lowest BCUT2D eigenvalue weighted by Gasteiger charge is -2.23. The summed E-state index contributed by atoms with van der Waals surface area (Å²) in [4.78, 5) is 17.2. The van der Waals surface area contributed by atoms with Crippen LogP contribution in [0.3, 0.4) is 0 Å². The van der Waals surface area contributed by atoms with Crippen LogP contribution in [0, 0.1) is 0 Å². The molecule has 166 valence electrons. The summed E-state index contributed by atoms with van der Waals surface area (Å²) in [6, 6.07) is 27.9. The van der Waals surface area contributed by atoms with Crippen molar-refractivity contribution in [3.05, 3.63) is 108 Å². The van der Waals surface area contributed by atoms with Gasteiger partial charge in [-0.2, -0.15) is 0 Å². The van der Waals surface area contributed by atoms with Crippen molar-refractivity contribution in [2.45, 2.75) is 19.5 Å². The average Bonchev–Trinajstić information content (AvgIpc) is 2.82. The highest BCUT2D eigenvalue weighted by Crippen LogP contribution is 2.22. The van der Waals surface area contributed by atoms with Crippen LogP contribution >= 0.6 is 0 Å². The highest BCUT2D eigenvalue weighted by Gasteiger charge is 2.15. The summed E-state index contributed by atoms with van der Waals surface area (Å²) in [6.45, 7) is 2.64. The molecule has 0 unspecified atom stereocenters. The Morgan fingerprint density at radius 2 is 1.50 bits per heavy atom. The summed E-state index contributed by atoms with van der Waals surface area (Å²) in [5.74, 6) is 0.810. The normalized spacial score (nSPS) is 11.1. The molecule has 0 spiro atoms. The lowest BCUT2D eigenvalue weighted by atomic mass is 10.1. The molecule has 0 aromatic heterocycles. The maximum absolute atomic E-state index is 13.2. The fraction of sp³-hybridized carbons (Fsp3) is 0.250. The molecular weight excluding hydrogens is 396 g/mol. The predicted molar refractivity (Wildman–Crippen MR) is 131 cm³/mol. The highest BCUT2D eigenvalue weighted by molar-refractivity contribution is 5.91. The molecule has 4 heteroatoms. The van der Waals surface area contributed by atoms with Crippen molar-refractivity contribution in [3.8, 4) is 5.75 Å². The van der Waals surface area contributed by atoms with Gasteiger partial charge in [0.2, 0.25) is 5.91 Å². The molecule has 3 rings (SSSR count). The van der Waals surface area contributed by atoms with E-state index in [9.17, 15) is 4.79 Å². The summed E-state index contributed by atoms with van der Waals surface area (Å²) in [6.07, 6.45) is 4.47. The standard InChI is InChI=1S/C28H32N2O2/c1-29(2)20-11-21-32-27-17-10-9-16-26(27)23-30(22-25-14-7-4-8-15-25)28(31)19-18-24-12-5-3-6-13-24/h3-10,12-19H,11,20-23H2,1-2H3. The van der Waals surface area contributed by atoms with E-state index in [4.69, 9.17) is 4.74 Å². The number of ether oxygens (including phenoxy) is 1. The monoisotopic (exact) mass is 428 g/mol. The number of carbonyl (C=O) groups excluding carboxylic acids is 1. The Kier molecular flexibility index (Phi) is 9.08. The van der Waals surface area contributed by atoms with Gasteiger partial charge in [-0.3, -0.25) is 4.79 Å². The zero-order valence-corrected chi connectivity index (χ0v) is 19.0. The minimum absolute atomic E-state index is 0.0277. The van der Waals surface area contributed by atoms with E-state index >= 15 is 0 Å². The molecule has 0 saturated heterocycles. The van der Waals surface area contributed by atoms with E-state index in [1.165, 1.54) is 0 Å². The topological polar surface area (TPSA) is 32.8 Å². The van der Waals surface area contributed by atoms with Gasteiger partial charge in [0, 0.05) is 31.3 Å². The molecule has 0 fully saturated rings. The Hall–Kier alpha value is -3.37. The predicted octanol–water partition coefficient (Wildman–Crippen LogP) is 5.26. The van der Waals surface area contributed by atoms with Crippen LogP contribution in [-0.2, 0) is 17.9 Å². The minimum Gasteiger partial charge on any atom is -0.493 e. The number of hydrogen-bond acceptors (Lipinski definition) is 3. The molecule has 1 amide bonds. The van der Waals surface area contributed by atoms with E-state index < -0.39 is 0 Å². The van der Waals surface area contributed by atoms with Gasteiger partial charge in [0.15, 0.2) is 0 Å². The Morgan fingerprint density at radius 3 is 2.22 bits per heavy atom. The largest absolute Gasteiger partial charge is 0.493 e. The fourth-order valence-electron chi connectivity index (χ4n) is 3.40. The van der Waals surface area contributed by atoms with E-state index in [0.29, 0.717) is 19.7 Å². The van der Waals surface area contributed by atoms with Gasteiger partial charge in [-0.1, -0.05) is 78.9 Å². The molecule has 0 radical (unpaired) electrons. The number of carbonyl (C=O) groups is 1. The van der Waals surface area contributed by atoms with Gasteiger partial charge in [-0.15, -0.1) is 0 Å². The maximum Gasteiger partial charge on any atom is 0.247 e. The zero-order chi connectivity index (χ0) is 22.6. The number of hydrogen-bond donors (Lipinski definition) is 0. The molecule has 0 aliphatic rings. The second kappa shape index (κ2) is 12.5. The van der Waals surface area contributed by atoms with E-state index in [-0.39, 0.29) is 5.91 Å². The molecule has 0 saturated carbocycles. The van der Waals surface area contributed by atoms with Crippen molar-refractivity contribution in [1.82, 2.24) is 9.80 Å². The number of nitrogens with zero attached hydrogens (tertiary/aromatic N) is 2. The summed E-state index contributed by atoms with van der Waals surface area (Å²) in [5, 5.41) is 0. The van der Waals surface area contributed by atoms with Gasteiger partial charge in [0.05, 0.1) is 6.61 Å². The van der Waals surface area contributed by atoms with Gasteiger partial charge >= 0.3 is 0 Å². The molecule has 32 heavy (non-hydrogen) atoms. The van der Waals surface area contributed by atoms with Gasteiger partial charge in [-0.05, 0) is 43.8 Å². The number of benzene rings is 3. The van der Waals surface area contributed by atoms with Crippen LogP contribution in [0.4, 0.5) is 0 Å². The zero-order valence-electron chi connectivity index (χ0n) is 19.0.